The highest BCUT2D eigenvalue weighted by Crippen LogP contribution is 2.28. The SMILES string of the molecule is c1ccc2c(c1)CN(c1nccn3cnnc13)C2. The van der Waals surface area contributed by atoms with E-state index in [4.69, 9.17) is 0 Å². The molecule has 0 atom stereocenters. The van der Waals surface area contributed by atoms with E-state index in [-0.39, 0.29) is 0 Å². The van der Waals surface area contributed by atoms with Gasteiger partial charge in [-0.2, -0.15) is 0 Å². The van der Waals surface area contributed by atoms with Crippen LogP contribution < -0.4 is 4.90 Å². The van der Waals surface area contributed by atoms with Crippen LogP contribution in [0.3, 0.4) is 0 Å². The molecular weight excluding hydrogens is 226 g/mol. The third kappa shape index (κ3) is 1.30. The summed E-state index contributed by atoms with van der Waals surface area (Å²) in [4.78, 5) is 6.68. The number of hydrogen-bond acceptors (Lipinski definition) is 4. The van der Waals surface area contributed by atoms with Crippen LogP contribution in [0.1, 0.15) is 11.1 Å². The van der Waals surface area contributed by atoms with Crippen LogP contribution in [-0.4, -0.2) is 19.6 Å². The molecule has 0 fully saturated rings. The molecule has 5 heteroatoms. The Morgan fingerprint density at radius 2 is 1.83 bits per heavy atom. The maximum atomic E-state index is 4.45. The van der Waals surface area contributed by atoms with Crippen molar-refractivity contribution < 1.29 is 0 Å². The Morgan fingerprint density at radius 1 is 1.06 bits per heavy atom. The van der Waals surface area contributed by atoms with Crippen LogP contribution in [0.15, 0.2) is 43.0 Å². The van der Waals surface area contributed by atoms with Crippen LogP contribution in [-0.2, 0) is 13.1 Å². The van der Waals surface area contributed by atoms with Crippen molar-refractivity contribution in [1.29, 1.82) is 0 Å². The number of nitrogens with zero attached hydrogens (tertiary/aromatic N) is 5. The third-order valence-electron chi connectivity index (χ3n) is 3.34. The molecule has 1 aliphatic rings. The molecule has 0 aliphatic carbocycles. The van der Waals surface area contributed by atoms with Gasteiger partial charge in [-0.3, -0.25) is 4.40 Å². The van der Waals surface area contributed by atoms with Gasteiger partial charge in [0.1, 0.15) is 6.33 Å². The molecule has 0 N–H and O–H groups in total. The van der Waals surface area contributed by atoms with Gasteiger partial charge in [0.2, 0.25) is 5.65 Å². The summed E-state index contributed by atoms with van der Waals surface area (Å²) in [6.07, 6.45) is 5.35. The molecule has 18 heavy (non-hydrogen) atoms. The number of anilines is 1. The summed E-state index contributed by atoms with van der Waals surface area (Å²) < 4.78 is 1.89. The van der Waals surface area contributed by atoms with Gasteiger partial charge in [-0.1, -0.05) is 24.3 Å². The second kappa shape index (κ2) is 3.53. The van der Waals surface area contributed by atoms with Crippen molar-refractivity contribution in [2.75, 3.05) is 4.90 Å². The molecule has 2 aromatic heterocycles. The maximum Gasteiger partial charge on any atom is 0.203 e. The fourth-order valence-corrected chi connectivity index (χ4v) is 2.45. The first kappa shape index (κ1) is 9.58. The first-order chi connectivity index (χ1) is 8.92. The van der Waals surface area contributed by atoms with E-state index >= 15 is 0 Å². The van der Waals surface area contributed by atoms with Gasteiger partial charge in [0.05, 0.1) is 0 Å². The van der Waals surface area contributed by atoms with E-state index in [2.05, 4.69) is 44.3 Å². The highest BCUT2D eigenvalue weighted by molar-refractivity contribution is 5.64. The highest BCUT2D eigenvalue weighted by atomic mass is 15.3. The molecule has 0 saturated carbocycles. The summed E-state index contributed by atoms with van der Waals surface area (Å²) in [5, 5.41) is 8.06. The molecule has 0 radical (unpaired) electrons. The van der Waals surface area contributed by atoms with Crippen molar-refractivity contribution in [1.82, 2.24) is 19.6 Å². The van der Waals surface area contributed by atoms with E-state index < -0.39 is 0 Å². The molecule has 4 rings (SSSR count). The van der Waals surface area contributed by atoms with Gasteiger partial charge in [-0.15, -0.1) is 10.2 Å². The van der Waals surface area contributed by atoms with Crippen molar-refractivity contribution >= 4 is 11.5 Å². The van der Waals surface area contributed by atoms with E-state index in [0.29, 0.717) is 0 Å². The zero-order valence-electron chi connectivity index (χ0n) is 9.69. The summed E-state index contributed by atoms with van der Waals surface area (Å²) >= 11 is 0. The molecule has 1 aliphatic heterocycles. The van der Waals surface area contributed by atoms with Crippen molar-refractivity contribution in [3.63, 3.8) is 0 Å². The highest BCUT2D eigenvalue weighted by Gasteiger charge is 2.21. The largest absolute Gasteiger partial charge is 0.345 e. The average molecular weight is 237 g/mol. The number of rotatable bonds is 1. The second-order valence-electron chi connectivity index (χ2n) is 4.44. The molecule has 5 nitrogen and oxygen atoms in total. The topological polar surface area (TPSA) is 46.3 Å². The average Bonchev–Trinajstić information content (AvgIpc) is 3.04. The molecule has 3 heterocycles. The summed E-state index contributed by atoms with van der Waals surface area (Å²) in [5.74, 6) is 0.895. The van der Waals surface area contributed by atoms with E-state index in [1.807, 2.05) is 10.6 Å². The normalized spacial score (nSPS) is 14.1. The molecule has 0 saturated heterocycles. The molecule has 0 bridgehead atoms. The van der Waals surface area contributed by atoms with Crippen molar-refractivity contribution in [3.05, 3.63) is 54.1 Å². The molecule has 0 unspecified atom stereocenters. The lowest BCUT2D eigenvalue weighted by Gasteiger charge is -2.16. The Kier molecular flexibility index (Phi) is 1.88. The van der Waals surface area contributed by atoms with Crippen LogP contribution in [0, 0.1) is 0 Å². The molecular formula is C13H11N5. The number of hydrogen-bond donors (Lipinski definition) is 0. The Bertz CT molecular complexity index is 693. The predicted octanol–water partition coefficient (Wildman–Crippen LogP) is 1.64. The lowest BCUT2D eigenvalue weighted by molar-refractivity contribution is 0.852. The minimum Gasteiger partial charge on any atom is -0.345 e. The van der Waals surface area contributed by atoms with Crippen LogP contribution in [0.2, 0.25) is 0 Å². The standard InChI is InChI=1S/C13H11N5/c1-2-4-11-8-18(7-10(11)3-1)12-13-16-15-9-17(13)6-5-14-12/h1-6,9H,7-8H2. The fourth-order valence-electron chi connectivity index (χ4n) is 2.45. The van der Waals surface area contributed by atoms with Crippen molar-refractivity contribution in [2.24, 2.45) is 0 Å². The monoisotopic (exact) mass is 237 g/mol. The van der Waals surface area contributed by atoms with Crippen LogP contribution in [0.25, 0.3) is 5.65 Å². The van der Waals surface area contributed by atoms with E-state index in [1.165, 1.54) is 11.1 Å². The molecule has 1 aromatic carbocycles. The summed E-state index contributed by atoms with van der Waals surface area (Å²) in [6, 6.07) is 8.49. The van der Waals surface area contributed by atoms with Crippen molar-refractivity contribution in [3.8, 4) is 0 Å². The van der Waals surface area contributed by atoms with Gasteiger partial charge in [0.15, 0.2) is 5.82 Å². The minimum atomic E-state index is 0.810. The van der Waals surface area contributed by atoms with E-state index in [0.717, 1.165) is 24.6 Å². The molecule has 0 amide bonds. The van der Waals surface area contributed by atoms with E-state index in [9.17, 15) is 0 Å². The smallest absolute Gasteiger partial charge is 0.203 e. The van der Waals surface area contributed by atoms with Crippen LogP contribution >= 0.6 is 0 Å². The summed E-state index contributed by atoms with van der Waals surface area (Å²) in [5.41, 5.74) is 3.53. The zero-order valence-corrected chi connectivity index (χ0v) is 9.69. The van der Waals surface area contributed by atoms with Crippen molar-refractivity contribution in [2.45, 2.75) is 13.1 Å². The lowest BCUT2D eigenvalue weighted by atomic mass is 10.1. The van der Waals surface area contributed by atoms with Crippen LogP contribution in [0.4, 0.5) is 5.82 Å². The lowest BCUT2D eigenvalue weighted by Crippen LogP contribution is -2.17. The second-order valence-corrected chi connectivity index (χ2v) is 4.44. The number of benzene rings is 1. The molecule has 3 aromatic rings. The maximum absolute atomic E-state index is 4.45. The summed E-state index contributed by atoms with van der Waals surface area (Å²) in [6.45, 7) is 1.77. The van der Waals surface area contributed by atoms with Gasteiger partial charge >= 0.3 is 0 Å². The van der Waals surface area contributed by atoms with Gasteiger partial charge in [-0.25, -0.2) is 4.98 Å². The fraction of sp³-hybridized carbons (Fsp3) is 0.154. The minimum absolute atomic E-state index is 0.810. The Morgan fingerprint density at radius 3 is 2.61 bits per heavy atom. The number of aromatic nitrogens is 4. The van der Waals surface area contributed by atoms with Gasteiger partial charge in [-0.05, 0) is 11.1 Å². The summed E-state index contributed by atoms with van der Waals surface area (Å²) in [7, 11) is 0. The van der Waals surface area contributed by atoms with Gasteiger partial charge in [0, 0.05) is 25.5 Å². The first-order valence-corrected chi connectivity index (χ1v) is 5.88. The third-order valence-corrected chi connectivity index (χ3v) is 3.34. The Balaban J connectivity index is 1.80. The van der Waals surface area contributed by atoms with Gasteiger partial charge in [0.25, 0.3) is 0 Å². The molecule has 0 spiro atoms. The van der Waals surface area contributed by atoms with Crippen LogP contribution in [0.5, 0.6) is 0 Å². The quantitative estimate of drug-likeness (QED) is 0.645. The Labute approximate surface area is 104 Å². The van der Waals surface area contributed by atoms with Gasteiger partial charge < -0.3 is 4.90 Å². The predicted molar refractivity (Wildman–Crippen MR) is 67.1 cm³/mol. The zero-order chi connectivity index (χ0) is 11.9. The van der Waals surface area contributed by atoms with E-state index in [1.54, 1.807) is 12.5 Å². The molecule has 88 valence electrons. The number of fused-ring (bicyclic) bond motifs is 2. The first-order valence-electron chi connectivity index (χ1n) is 5.88. The Hall–Kier alpha value is -2.43.